The summed E-state index contributed by atoms with van der Waals surface area (Å²) in [6, 6.07) is 6.52. The molecule has 0 aliphatic carbocycles. The highest BCUT2D eigenvalue weighted by Crippen LogP contribution is 2.24. The molecular formula is C16H15N5O3S. The minimum Gasteiger partial charge on any atom is -0.441 e. The first-order valence-corrected chi connectivity index (χ1v) is 9.01. The van der Waals surface area contributed by atoms with Crippen molar-refractivity contribution >= 4 is 37.8 Å². The average Bonchev–Trinajstić information content (AvgIpc) is 3.05. The summed E-state index contributed by atoms with van der Waals surface area (Å²) in [6.07, 6.45) is 1.32. The van der Waals surface area contributed by atoms with Gasteiger partial charge in [0.1, 0.15) is 10.4 Å². The number of anilines is 1. The molecule has 9 heteroatoms. The Bertz CT molecular complexity index is 1220. The summed E-state index contributed by atoms with van der Waals surface area (Å²) in [7, 11) is -2.01. The highest BCUT2D eigenvalue weighted by molar-refractivity contribution is 7.92. The summed E-state index contributed by atoms with van der Waals surface area (Å²) in [6.45, 7) is 3.55. The largest absolute Gasteiger partial charge is 0.441 e. The van der Waals surface area contributed by atoms with Crippen molar-refractivity contribution in [3.63, 3.8) is 0 Å². The van der Waals surface area contributed by atoms with Crippen LogP contribution in [0.25, 0.3) is 22.1 Å². The molecule has 0 amide bonds. The number of fused-ring (bicyclic) bond motifs is 2. The Morgan fingerprint density at radius 1 is 1.20 bits per heavy atom. The number of hydrogen-bond acceptors (Lipinski definition) is 6. The predicted molar refractivity (Wildman–Crippen MR) is 92.8 cm³/mol. The maximum Gasteiger partial charge on any atom is 0.263 e. The molecule has 0 saturated heterocycles. The molecule has 128 valence electrons. The van der Waals surface area contributed by atoms with Gasteiger partial charge >= 0.3 is 0 Å². The zero-order chi connectivity index (χ0) is 17.8. The van der Waals surface area contributed by atoms with Crippen molar-refractivity contribution in [2.45, 2.75) is 18.7 Å². The summed E-state index contributed by atoms with van der Waals surface area (Å²) in [5, 5.41) is 4.96. The number of pyridine rings is 1. The maximum absolute atomic E-state index is 12.7. The molecule has 0 saturated carbocycles. The standard InChI is InChI=1S/C16H15N5O3S/c1-9-13-7-12(8-17-16(13)21(3)19-9)25(22,23)20-11-4-5-15-14(6-11)18-10(2)24-15/h4-8,20H,1-3H3. The Morgan fingerprint density at radius 3 is 2.80 bits per heavy atom. The van der Waals surface area contributed by atoms with Gasteiger partial charge in [0.05, 0.1) is 11.4 Å². The lowest BCUT2D eigenvalue weighted by Gasteiger charge is -2.08. The van der Waals surface area contributed by atoms with Gasteiger partial charge in [-0.15, -0.1) is 0 Å². The van der Waals surface area contributed by atoms with E-state index in [1.807, 2.05) is 6.92 Å². The van der Waals surface area contributed by atoms with Crippen molar-refractivity contribution in [3.8, 4) is 0 Å². The summed E-state index contributed by atoms with van der Waals surface area (Å²) in [5.74, 6) is 0.525. The van der Waals surface area contributed by atoms with Gasteiger partial charge in [0.2, 0.25) is 0 Å². The third kappa shape index (κ3) is 2.62. The van der Waals surface area contributed by atoms with Gasteiger partial charge in [-0.2, -0.15) is 5.10 Å². The van der Waals surface area contributed by atoms with Gasteiger partial charge in [0.15, 0.2) is 17.1 Å². The molecule has 1 aromatic carbocycles. The van der Waals surface area contributed by atoms with Crippen LogP contribution in [0, 0.1) is 13.8 Å². The molecule has 3 heterocycles. The van der Waals surface area contributed by atoms with Gasteiger partial charge in [-0.3, -0.25) is 9.40 Å². The lowest BCUT2D eigenvalue weighted by atomic mass is 10.3. The summed E-state index contributed by atoms with van der Waals surface area (Å²) in [4.78, 5) is 8.50. The van der Waals surface area contributed by atoms with Gasteiger partial charge in [-0.05, 0) is 31.2 Å². The molecule has 0 unspecified atom stereocenters. The van der Waals surface area contributed by atoms with E-state index < -0.39 is 10.0 Å². The second-order valence-electron chi connectivity index (χ2n) is 5.77. The van der Waals surface area contributed by atoms with Gasteiger partial charge < -0.3 is 4.42 Å². The highest BCUT2D eigenvalue weighted by atomic mass is 32.2. The molecule has 3 aromatic heterocycles. The molecule has 4 aromatic rings. The number of benzene rings is 1. The number of rotatable bonds is 3. The van der Waals surface area contributed by atoms with Crippen molar-refractivity contribution in [1.29, 1.82) is 0 Å². The fourth-order valence-corrected chi connectivity index (χ4v) is 3.78. The number of nitrogens with one attached hydrogen (secondary N) is 1. The van der Waals surface area contributed by atoms with Crippen LogP contribution in [0.3, 0.4) is 0 Å². The highest BCUT2D eigenvalue weighted by Gasteiger charge is 2.18. The Labute approximate surface area is 143 Å². The second-order valence-corrected chi connectivity index (χ2v) is 7.45. The minimum absolute atomic E-state index is 0.0764. The maximum atomic E-state index is 12.7. The van der Waals surface area contributed by atoms with E-state index in [0.717, 1.165) is 5.69 Å². The van der Waals surface area contributed by atoms with Crippen molar-refractivity contribution in [1.82, 2.24) is 19.7 Å². The number of oxazole rings is 1. The average molecular weight is 357 g/mol. The van der Waals surface area contributed by atoms with E-state index in [2.05, 4.69) is 19.8 Å². The summed E-state index contributed by atoms with van der Waals surface area (Å²) in [5.41, 5.74) is 2.96. The zero-order valence-corrected chi connectivity index (χ0v) is 14.6. The van der Waals surface area contributed by atoms with Crippen LogP contribution in [0.1, 0.15) is 11.6 Å². The minimum atomic E-state index is -3.78. The van der Waals surface area contributed by atoms with Crippen LogP contribution in [-0.2, 0) is 17.1 Å². The summed E-state index contributed by atoms with van der Waals surface area (Å²) >= 11 is 0. The Kier molecular flexibility index (Phi) is 3.29. The van der Waals surface area contributed by atoms with Crippen LogP contribution >= 0.6 is 0 Å². The molecule has 0 aliphatic heterocycles. The number of aryl methyl sites for hydroxylation is 3. The molecule has 4 rings (SSSR count). The van der Waals surface area contributed by atoms with E-state index in [1.165, 1.54) is 6.20 Å². The lowest BCUT2D eigenvalue weighted by molar-refractivity contribution is 0.561. The van der Waals surface area contributed by atoms with E-state index >= 15 is 0 Å². The monoisotopic (exact) mass is 357 g/mol. The molecule has 8 nitrogen and oxygen atoms in total. The van der Waals surface area contributed by atoms with Crippen molar-refractivity contribution in [2.75, 3.05) is 4.72 Å². The third-order valence-corrected chi connectivity index (χ3v) is 5.24. The van der Waals surface area contributed by atoms with Crippen LogP contribution in [-0.4, -0.2) is 28.2 Å². The Balaban J connectivity index is 1.74. The van der Waals surface area contributed by atoms with Gasteiger partial charge in [-0.1, -0.05) is 0 Å². The number of aromatic nitrogens is 4. The van der Waals surface area contributed by atoms with Crippen molar-refractivity contribution in [2.24, 2.45) is 7.05 Å². The quantitative estimate of drug-likeness (QED) is 0.604. The molecule has 0 fully saturated rings. The molecule has 25 heavy (non-hydrogen) atoms. The molecular weight excluding hydrogens is 342 g/mol. The first-order valence-electron chi connectivity index (χ1n) is 7.53. The van der Waals surface area contributed by atoms with E-state index in [-0.39, 0.29) is 4.90 Å². The fraction of sp³-hybridized carbons (Fsp3) is 0.188. The van der Waals surface area contributed by atoms with Crippen LogP contribution in [0.4, 0.5) is 5.69 Å². The number of nitrogens with zero attached hydrogens (tertiary/aromatic N) is 4. The van der Waals surface area contributed by atoms with Crippen LogP contribution in [0.2, 0.25) is 0 Å². The molecule has 0 bridgehead atoms. The third-order valence-electron chi connectivity index (χ3n) is 3.89. The van der Waals surface area contributed by atoms with Crippen LogP contribution < -0.4 is 4.72 Å². The Hall–Kier alpha value is -2.94. The van der Waals surface area contributed by atoms with Gasteiger partial charge in [0, 0.05) is 25.6 Å². The van der Waals surface area contributed by atoms with Gasteiger partial charge in [0.25, 0.3) is 10.0 Å². The smallest absolute Gasteiger partial charge is 0.263 e. The normalized spacial score (nSPS) is 12.1. The van der Waals surface area contributed by atoms with E-state index in [4.69, 9.17) is 4.42 Å². The van der Waals surface area contributed by atoms with Crippen LogP contribution in [0.15, 0.2) is 39.8 Å². The van der Waals surface area contributed by atoms with Crippen molar-refractivity contribution in [3.05, 3.63) is 42.0 Å². The topological polar surface area (TPSA) is 103 Å². The summed E-state index contributed by atoms with van der Waals surface area (Å²) < 4.78 is 34.9. The predicted octanol–water partition coefficient (Wildman–Crippen LogP) is 2.53. The number of sulfonamides is 1. The molecule has 1 N–H and O–H groups in total. The van der Waals surface area contributed by atoms with Crippen molar-refractivity contribution < 1.29 is 12.8 Å². The second kappa shape index (κ2) is 5.28. The molecule has 0 atom stereocenters. The molecule has 0 spiro atoms. The van der Waals surface area contributed by atoms with E-state index in [0.29, 0.717) is 33.7 Å². The molecule has 0 radical (unpaired) electrons. The Morgan fingerprint density at radius 2 is 2.00 bits per heavy atom. The van der Waals surface area contributed by atoms with E-state index in [1.54, 1.807) is 42.9 Å². The SMILES string of the molecule is Cc1nc2cc(NS(=O)(=O)c3cnc4c(c3)c(C)nn4C)ccc2o1. The molecule has 0 aliphatic rings. The van der Waals surface area contributed by atoms with Crippen LogP contribution in [0.5, 0.6) is 0 Å². The van der Waals surface area contributed by atoms with Gasteiger partial charge in [-0.25, -0.2) is 18.4 Å². The number of hydrogen-bond donors (Lipinski definition) is 1. The fourth-order valence-electron chi connectivity index (χ4n) is 2.76. The zero-order valence-electron chi connectivity index (χ0n) is 13.8. The first-order chi connectivity index (χ1) is 11.8. The lowest BCUT2D eigenvalue weighted by Crippen LogP contribution is -2.13. The van der Waals surface area contributed by atoms with E-state index in [9.17, 15) is 8.42 Å². The first kappa shape index (κ1) is 15.6.